The number of nitrogens with one attached hydrogen (secondary N) is 1. The molecule has 0 spiro atoms. The largest absolute Gasteiger partial charge is 0.493 e. The van der Waals surface area contributed by atoms with Gasteiger partial charge in [0.25, 0.3) is 5.91 Å². The molecule has 1 amide bonds. The monoisotopic (exact) mass is 369 g/mol. The lowest BCUT2D eigenvalue weighted by Crippen LogP contribution is -2.25. The molecule has 0 bridgehead atoms. The van der Waals surface area contributed by atoms with E-state index in [-0.39, 0.29) is 5.91 Å². The number of hydrogen-bond donors (Lipinski definition) is 1. The average molecular weight is 369 g/mol. The van der Waals surface area contributed by atoms with Crippen molar-refractivity contribution in [2.45, 2.75) is 12.8 Å². The smallest absolute Gasteiger partial charge is 0.251 e. The second-order valence-electron chi connectivity index (χ2n) is 5.94. The number of nitrogens with zero attached hydrogens (tertiary/aromatic N) is 2. The van der Waals surface area contributed by atoms with E-state index >= 15 is 0 Å². The highest BCUT2D eigenvalue weighted by molar-refractivity contribution is 5.95. The van der Waals surface area contributed by atoms with Crippen LogP contribution in [0.4, 0.5) is 0 Å². The lowest BCUT2D eigenvalue weighted by molar-refractivity contribution is 0.0952. The van der Waals surface area contributed by atoms with Crippen LogP contribution in [0.5, 0.6) is 17.2 Å². The number of aromatic nitrogens is 2. The maximum Gasteiger partial charge on any atom is 0.251 e. The average Bonchev–Trinajstić information content (AvgIpc) is 3.12. The lowest BCUT2D eigenvalue weighted by atomic mass is 10.1. The van der Waals surface area contributed by atoms with Crippen molar-refractivity contribution in [1.82, 2.24) is 14.7 Å². The second-order valence-corrected chi connectivity index (χ2v) is 5.94. The number of ether oxygens (including phenoxy) is 3. The number of aryl methyl sites for hydroxylation is 1. The van der Waals surface area contributed by atoms with E-state index in [2.05, 4.69) is 14.7 Å². The van der Waals surface area contributed by atoms with Crippen molar-refractivity contribution in [3.63, 3.8) is 0 Å². The third-order valence-electron chi connectivity index (χ3n) is 4.30. The quantitative estimate of drug-likeness (QED) is 0.618. The maximum absolute atomic E-state index is 12.5. The molecule has 0 saturated heterocycles. The standard InChI is InChI=1S/C20H23N3O4/c1-25-16-11-14(12-17(26-2)19(16)27-3)20(24)21-9-6-8-18-22-13-15-7-4-5-10-23(15)18/h4-5,7,10-13H,6,8-9H2,1-3H3,(H,21,24). The van der Waals surface area contributed by atoms with Gasteiger partial charge in [0.05, 0.1) is 33.0 Å². The number of carbonyl (C=O) groups is 1. The number of fused-ring (bicyclic) bond motifs is 1. The molecule has 1 N–H and O–H groups in total. The maximum atomic E-state index is 12.5. The highest BCUT2D eigenvalue weighted by Gasteiger charge is 2.16. The number of hydrogen-bond acceptors (Lipinski definition) is 5. The molecule has 3 aromatic rings. The summed E-state index contributed by atoms with van der Waals surface area (Å²) in [5.41, 5.74) is 1.52. The molecule has 0 aliphatic rings. The minimum atomic E-state index is -0.192. The lowest BCUT2D eigenvalue weighted by Gasteiger charge is -2.14. The van der Waals surface area contributed by atoms with Crippen LogP contribution in [0.2, 0.25) is 0 Å². The summed E-state index contributed by atoms with van der Waals surface area (Å²) in [5, 5.41) is 2.92. The minimum absolute atomic E-state index is 0.192. The summed E-state index contributed by atoms with van der Waals surface area (Å²) in [4.78, 5) is 16.9. The van der Waals surface area contributed by atoms with Gasteiger partial charge in [-0.05, 0) is 30.7 Å². The van der Waals surface area contributed by atoms with Gasteiger partial charge in [-0.1, -0.05) is 6.07 Å². The van der Waals surface area contributed by atoms with E-state index in [1.807, 2.05) is 30.6 Å². The molecule has 142 valence electrons. The summed E-state index contributed by atoms with van der Waals surface area (Å²) in [6.45, 7) is 0.539. The van der Waals surface area contributed by atoms with Crippen molar-refractivity contribution < 1.29 is 19.0 Å². The van der Waals surface area contributed by atoms with Crippen molar-refractivity contribution in [2.24, 2.45) is 0 Å². The van der Waals surface area contributed by atoms with Gasteiger partial charge in [0.2, 0.25) is 5.75 Å². The van der Waals surface area contributed by atoms with E-state index in [9.17, 15) is 4.79 Å². The number of carbonyl (C=O) groups excluding carboxylic acids is 1. The Bertz CT molecular complexity index is 911. The predicted octanol–water partition coefficient (Wildman–Crippen LogP) is 2.72. The molecule has 0 atom stereocenters. The van der Waals surface area contributed by atoms with Gasteiger partial charge < -0.3 is 23.9 Å². The van der Waals surface area contributed by atoms with E-state index < -0.39 is 0 Å². The summed E-state index contributed by atoms with van der Waals surface area (Å²) in [6, 6.07) is 9.25. The molecule has 0 aliphatic heterocycles. The van der Waals surface area contributed by atoms with E-state index in [1.54, 1.807) is 12.1 Å². The third-order valence-corrected chi connectivity index (χ3v) is 4.30. The first-order valence-corrected chi connectivity index (χ1v) is 8.67. The molecule has 1 aromatic carbocycles. The van der Waals surface area contributed by atoms with Crippen LogP contribution in [0, 0.1) is 0 Å². The van der Waals surface area contributed by atoms with Crippen LogP contribution in [0.15, 0.2) is 42.7 Å². The zero-order chi connectivity index (χ0) is 19.2. The Kier molecular flexibility index (Phi) is 5.80. The fraction of sp³-hybridized carbons (Fsp3) is 0.300. The fourth-order valence-electron chi connectivity index (χ4n) is 2.95. The van der Waals surface area contributed by atoms with Crippen molar-refractivity contribution >= 4 is 11.4 Å². The number of benzene rings is 1. The fourth-order valence-corrected chi connectivity index (χ4v) is 2.95. The Labute approximate surface area is 157 Å². The Morgan fingerprint density at radius 2 is 1.85 bits per heavy atom. The van der Waals surface area contributed by atoms with Gasteiger partial charge in [-0.2, -0.15) is 0 Å². The van der Waals surface area contributed by atoms with E-state index in [0.29, 0.717) is 29.4 Å². The number of amides is 1. The van der Waals surface area contributed by atoms with Gasteiger partial charge in [-0.15, -0.1) is 0 Å². The van der Waals surface area contributed by atoms with Crippen LogP contribution in [-0.4, -0.2) is 43.2 Å². The second kappa shape index (κ2) is 8.44. The molecule has 0 saturated carbocycles. The summed E-state index contributed by atoms with van der Waals surface area (Å²) in [6.07, 6.45) is 5.40. The van der Waals surface area contributed by atoms with Crippen LogP contribution in [0.25, 0.3) is 5.52 Å². The first-order valence-electron chi connectivity index (χ1n) is 8.67. The van der Waals surface area contributed by atoms with E-state index in [1.165, 1.54) is 21.3 Å². The first kappa shape index (κ1) is 18.6. The van der Waals surface area contributed by atoms with Gasteiger partial charge >= 0.3 is 0 Å². The Hall–Kier alpha value is -3.22. The van der Waals surface area contributed by atoms with Crippen molar-refractivity contribution in [2.75, 3.05) is 27.9 Å². The third kappa shape index (κ3) is 3.97. The van der Waals surface area contributed by atoms with Gasteiger partial charge in [-0.25, -0.2) is 4.98 Å². The summed E-state index contributed by atoms with van der Waals surface area (Å²) in [5.74, 6) is 2.15. The molecule has 0 radical (unpaired) electrons. The zero-order valence-corrected chi connectivity index (χ0v) is 15.7. The molecule has 3 rings (SSSR count). The van der Waals surface area contributed by atoms with Gasteiger partial charge in [0.15, 0.2) is 11.5 Å². The number of rotatable bonds is 8. The van der Waals surface area contributed by atoms with Crippen LogP contribution in [0.3, 0.4) is 0 Å². The molecule has 7 nitrogen and oxygen atoms in total. The Balaban J connectivity index is 1.61. The normalized spacial score (nSPS) is 10.6. The molecule has 2 aromatic heterocycles. The number of pyridine rings is 1. The highest BCUT2D eigenvalue weighted by Crippen LogP contribution is 2.38. The van der Waals surface area contributed by atoms with Crippen LogP contribution in [0.1, 0.15) is 22.6 Å². The summed E-state index contributed by atoms with van der Waals surface area (Å²) >= 11 is 0. The van der Waals surface area contributed by atoms with Crippen LogP contribution in [-0.2, 0) is 6.42 Å². The van der Waals surface area contributed by atoms with E-state index in [0.717, 1.165) is 24.2 Å². The summed E-state index contributed by atoms with van der Waals surface area (Å²) < 4.78 is 17.9. The molecule has 7 heteroatoms. The topological polar surface area (TPSA) is 74.1 Å². The van der Waals surface area contributed by atoms with Gasteiger partial charge in [-0.3, -0.25) is 4.79 Å². The minimum Gasteiger partial charge on any atom is -0.493 e. The van der Waals surface area contributed by atoms with Crippen LogP contribution < -0.4 is 19.5 Å². The number of methoxy groups -OCH3 is 3. The first-order chi connectivity index (χ1) is 13.2. The van der Waals surface area contributed by atoms with Gasteiger partial charge in [0, 0.05) is 24.7 Å². The molecular weight excluding hydrogens is 346 g/mol. The molecular formula is C20H23N3O4. The highest BCUT2D eigenvalue weighted by atomic mass is 16.5. The molecule has 0 unspecified atom stereocenters. The molecule has 2 heterocycles. The SMILES string of the molecule is COc1cc(C(=O)NCCCc2ncc3ccccn23)cc(OC)c1OC. The Morgan fingerprint density at radius 1 is 1.11 bits per heavy atom. The summed E-state index contributed by atoms with van der Waals surface area (Å²) in [7, 11) is 4.57. The Morgan fingerprint density at radius 3 is 2.52 bits per heavy atom. The van der Waals surface area contributed by atoms with Gasteiger partial charge in [0.1, 0.15) is 5.82 Å². The molecule has 0 fully saturated rings. The predicted molar refractivity (Wildman–Crippen MR) is 102 cm³/mol. The molecule has 0 aliphatic carbocycles. The number of imidazole rings is 1. The van der Waals surface area contributed by atoms with Crippen molar-refractivity contribution in [1.29, 1.82) is 0 Å². The van der Waals surface area contributed by atoms with Crippen LogP contribution >= 0.6 is 0 Å². The van der Waals surface area contributed by atoms with Crippen molar-refractivity contribution in [3.05, 3.63) is 54.1 Å². The zero-order valence-electron chi connectivity index (χ0n) is 15.7. The van der Waals surface area contributed by atoms with E-state index in [4.69, 9.17) is 14.2 Å². The molecule has 27 heavy (non-hydrogen) atoms. The van der Waals surface area contributed by atoms with Crippen molar-refractivity contribution in [3.8, 4) is 17.2 Å².